The zero-order valence-corrected chi connectivity index (χ0v) is 18.8. The van der Waals surface area contributed by atoms with E-state index in [1.807, 2.05) is 0 Å². The largest absolute Gasteiger partial charge is 0.416 e. The van der Waals surface area contributed by atoms with Crippen LogP contribution in [0.5, 0.6) is 0 Å². The smallest absolute Gasteiger partial charge is 0.378 e. The fourth-order valence-electron chi connectivity index (χ4n) is 3.28. The Labute approximate surface area is 202 Å². The number of benzene rings is 1. The molecule has 0 atom stereocenters. The van der Waals surface area contributed by atoms with Gasteiger partial charge >= 0.3 is 12.2 Å². The number of aromatic nitrogens is 4. The number of carbonyl (C=O) groups is 2. The fourth-order valence-corrected chi connectivity index (χ4v) is 3.51. The van der Waals surface area contributed by atoms with Crippen molar-refractivity contribution in [1.29, 1.82) is 0 Å². The van der Waals surface area contributed by atoms with Crippen molar-refractivity contribution in [2.24, 2.45) is 0 Å². The molecule has 2 N–H and O–H groups in total. The number of amides is 3. The van der Waals surface area contributed by atoms with E-state index in [0.717, 1.165) is 18.2 Å². The number of nitrogens with one attached hydrogen (secondary N) is 2. The van der Waals surface area contributed by atoms with E-state index in [1.165, 1.54) is 17.2 Å². The Hall–Kier alpha value is -3.71. The van der Waals surface area contributed by atoms with Crippen molar-refractivity contribution in [3.8, 4) is 5.82 Å². The number of hydrogen-bond donors (Lipinski definition) is 2. The van der Waals surface area contributed by atoms with Crippen LogP contribution in [0.3, 0.4) is 0 Å². The van der Waals surface area contributed by atoms with Crippen LogP contribution in [0.25, 0.3) is 5.82 Å². The number of carbonyl (C=O) groups excluding carboxylic acids is 2. The number of rotatable bonds is 5. The number of pyridine rings is 1. The molecule has 184 valence electrons. The molecule has 0 aliphatic carbocycles. The maximum atomic E-state index is 13.0. The Kier molecular flexibility index (Phi) is 7.17. The quantitative estimate of drug-likeness (QED) is 0.546. The van der Waals surface area contributed by atoms with E-state index in [4.69, 9.17) is 16.3 Å². The molecular weight excluding hydrogens is 491 g/mol. The molecule has 0 bridgehead atoms. The minimum absolute atomic E-state index is 0.135. The van der Waals surface area contributed by atoms with Gasteiger partial charge in [-0.2, -0.15) is 23.0 Å². The Balaban J connectivity index is 1.40. The second-order valence-electron chi connectivity index (χ2n) is 7.43. The monoisotopic (exact) mass is 509 g/mol. The van der Waals surface area contributed by atoms with Crippen molar-refractivity contribution >= 4 is 29.2 Å². The van der Waals surface area contributed by atoms with Gasteiger partial charge in [0.1, 0.15) is 6.33 Å². The van der Waals surface area contributed by atoms with Gasteiger partial charge < -0.3 is 20.3 Å². The molecule has 1 aromatic carbocycles. The second kappa shape index (κ2) is 10.3. The third kappa shape index (κ3) is 6.05. The highest BCUT2D eigenvalue weighted by atomic mass is 35.5. The van der Waals surface area contributed by atoms with Gasteiger partial charge in [-0.15, -0.1) is 0 Å². The van der Waals surface area contributed by atoms with Crippen molar-refractivity contribution < 1.29 is 27.5 Å². The third-order valence-corrected chi connectivity index (χ3v) is 5.25. The van der Waals surface area contributed by atoms with Gasteiger partial charge in [0.15, 0.2) is 11.6 Å². The van der Waals surface area contributed by atoms with Crippen LogP contribution in [0.2, 0.25) is 5.02 Å². The van der Waals surface area contributed by atoms with E-state index >= 15 is 0 Å². The minimum Gasteiger partial charge on any atom is -0.378 e. The minimum atomic E-state index is -4.64. The first-order chi connectivity index (χ1) is 16.7. The first-order valence-electron chi connectivity index (χ1n) is 10.4. The van der Waals surface area contributed by atoms with E-state index in [2.05, 4.69) is 25.7 Å². The Bertz CT molecular complexity index is 1210. The van der Waals surface area contributed by atoms with Crippen LogP contribution in [0, 0.1) is 0 Å². The lowest BCUT2D eigenvalue weighted by Crippen LogP contribution is -2.43. The summed E-state index contributed by atoms with van der Waals surface area (Å²) in [6.45, 7) is 1.83. The van der Waals surface area contributed by atoms with Gasteiger partial charge in [0.25, 0.3) is 5.91 Å². The standard InChI is InChI=1S/C21H19ClF3N7O3/c22-15-8-13(7-14(9-15)21(23,24)25)19(33)27-11-18-28-12-29-32(18)17-2-1-16(10-26-17)30-20(34)31-3-5-35-6-4-31/h1-2,7-10,12H,3-6,11H2,(H,27,33)(H,30,34). The number of anilines is 1. The van der Waals surface area contributed by atoms with Crippen LogP contribution < -0.4 is 10.6 Å². The summed E-state index contributed by atoms with van der Waals surface area (Å²) in [5.41, 5.74) is -0.792. The zero-order valence-electron chi connectivity index (χ0n) is 18.0. The van der Waals surface area contributed by atoms with Gasteiger partial charge in [-0.25, -0.2) is 14.8 Å². The molecule has 3 amide bonds. The summed E-state index contributed by atoms with van der Waals surface area (Å²) in [4.78, 5) is 34.7. The molecule has 1 saturated heterocycles. The molecule has 0 unspecified atom stereocenters. The number of hydrogen-bond acceptors (Lipinski definition) is 6. The summed E-state index contributed by atoms with van der Waals surface area (Å²) in [7, 11) is 0. The second-order valence-corrected chi connectivity index (χ2v) is 7.87. The van der Waals surface area contributed by atoms with Crippen LogP contribution in [-0.2, 0) is 17.5 Å². The highest BCUT2D eigenvalue weighted by molar-refractivity contribution is 6.31. The number of halogens is 4. The summed E-state index contributed by atoms with van der Waals surface area (Å²) in [6.07, 6.45) is -1.94. The lowest BCUT2D eigenvalue weighted by Gasteiger charge is -2.26. The molecule has 35 heavy (non-hydrogen) atoms. The first-order valence-corrected chi connectivity index (χ1v) is 10.7. The number of alkyl halides is 3. The molecule has 4 rings (SSSR count). The summed E-state index contributed by atoms with van der Waals surface area (Å²) < 4.78 is 45.6. The fraction of sp³-hybridized carbons (Fsp3) is 0.286. The van der Waals surface area contributed by atoms with Crippen LogP contribution >= 0.6 is 11.6 Å². The zero-order chi connectivity index (χ0) is 25.0. The van der Waals surface area contributed by atoms with E-state index in [1.54, 1.807) is 17.0 Å². The molecule has 1 aliphatic heterocycles. The van der Waals surface area contributed by atoms with Crippen molar-refractivity contribution in [1.82, 2.24) is 30.0 Å². The summed E-state index contributed by atoms with van der Waals surface area (Å²) in [5.74, 6) is -0.117. The van der Waals surface area contributed by atoms with E-state index < -0.39 is 17.6 Å². The molecule has 0 radical (unpaired) electrons. The third-order valence-electron chi connectivity index (χ3n) is 5.03. The average molecular weight is 510 g/mol. The summed E-state index contributed by atoms with van der Waals surface area (Å²) in [6, 6.07) is 5.58. The van der Waals surface area contributed by atoms with Crippen LogP contribution in [0.4, 0.5) is 23.7 Å². The first kappa shape index (κ1) is 24.4. The van der Waals surface area contributed by atoms with Crippen molar-refractivity contribution in [3.63, 3.8) is 0 Å². The topological polar surface area (TPSA) is 114 Å². The van der Waals surface area contributed by atoms with Crippen molar-refractivity contribution in [2.45, 2.75) is 12.7 Å². The molecule has 10 nitrogen and oxygen atoms in total. The normalized spacial score (nSPS) is 14.0. The van der Waals surface area contributed by atoms with E-state index in [0.29, 0.717) is 37.8 Å². The molecule has 0 saturated carbocycles. The Morgan fingerprint density at radius 1 is 1.11 bits per heavy atom. The SMILES string of the molecule is O=C(NCc1ncnn1-c1ccc(NC(=O)N2CCOCC2)cn1)c1cc(Cl)cc(C(F)(F)F)c1. The van der Waals surface area contributed by atoms with Crippen molar-refractivity contribution in [3.05, 3.63) is 64.8 Å². The highest BCUT2D eigenvalue weighted by Gasteiger charge is 2.31. The molecule has 14 heteroatoms. The van der Waals surface area contributed by atoms with Gasteiger partial charge in [-0.1, -0.05) is 11.6 Å². The predicted molar refractivity (Wildman–Crippen MR) is 118 cm³/mol. The highest BCUT2D eigenvalue weighted by Crippen LogP contribution is 2.31. The lowest BCUT2D eigenvalue weighted by atomic mass is 10.1. The lowest BCUT2D eigenvalue weighted by molar-refractivity contribution is -0.137. The van der Waals surface area contributed by atoms with Gasteiger partial charge in [-0.3, -0.25) is 4.79 Å². The van der Waals surface area contributed by atoms with E-state index in [9.17, 15) is 22.8 Å². The van der Waals surface area contributed by atoms with Crippen LogP contribution in [0.1, 0.15) is 21.7 Å². The number of nitrogens with zero attached hydrogens (tertiary/aromatic N) is 5. The number of morpholine rings is 1. The Morgan fingerprint density at radius 2 is 1.89 bits per heavy atom. The molecule has 2 aromatic heterocycles. The van der Waals surface area contributed by atoms with E-state index in [-0.39, 0.29) is 29.0 Å². The molecule has 3 aromatic rings. The molecular formula is C21H19ClF3N7O3. The van der Waals surface area contributed by atoms with Crippen LogP contribution in [0.15, 0.2) is 42.9 Å². The molecule has 3 heterocycles. The van der Waals surface area contributed by atoms with Gasteiger partial charge in [0.05, 0.1) is 37.2 Å². The number of urea groups is 1. The molecule has 0 spiro atoms. The van der Waals surface area contributed by atoms with Crippen LogP contribution in [-0.4, -0.2) is 62.9 Å². The average Bonchev–Trinajstić information content (AvgIpc) is 3.31. The summed E-state index contributed by atoms with van der Waals surface area (Å²) in [5, 5.41) is 9.12. The van der Waals surface area contributed by atoms with Crippen molar-refractivity contribution in [2.75, 3.05) is 31.6 Å². The van der Waals surface area contributed by atoms with Gasteiger partial charge in [0.2, 0.25) is 0 Å². The molecule has 1 fully saturated rings. The summed E-state index contributed by atoms with van der Waals surface area (Å²) >= 11 is 5.74. The van der Waals surface area contributed by atoms with Gasteiger partial charge in [-0.05, 0) is 30.3 Å². The predicted octanol–water partition coefficient (Wildman–Crippen LogP) is 3.13. The maximum Gasteiger partial charge on any atom is 0.416 e. The van der Waals surface area contributed by atoms with Gasteiger partial charge in [0, 0.05) is 23.7 Å². The molecule has 1 aliphatic rings. The number of ether oxygens (including phenoxy) is 1. The Morgan fingerprint density at radius 3 is 2.57 bits per heavy atom. The maximum absolute atomic E-state index is 13.0.